The van der Waals surface area contributed by atoms with Crippen molar-refractivity contribution in [2.24, 2.45) is 5.92 Å². The number of para-hydroxylation sites is 1. The number of rotatable bonds is 2. The number of piperidine rings is 1. The molecule has 1 spiro atoms. The van der Waals surface area contributed by atoms with Crippen molar-refractivity contribution in [3.8, 4) is 0 Å². The summed E-state index contributed by atoms with van der Waals surface area (Å²) in [6, 6.07) is 9.28. The first-order valence-corrected chi connectivity index (χ1v) is 11.3. The lowest BCUT2D eigenvalue weighted by Crippen LogP contribution is -2.53. The van der Waals surface area contributed by atoms with Gasteiger partial charge in [0, 0.05) is 36.8 Å². The maximum Gasteiger partial charge on any atom is 0.322 e. The van der Waals surface area contributed by atoms with Gasteiger partial charge in [0.05, 0.1) is 0 Å². The third kappa shape index (κ3) is 3.15. The van der Waals surface area contributed by atoms with Crippen LogP contribution in [0, 0.1) is 5.92 Å². The van der Waals surface area contributed by atoms with Crippen molar-refractivity contribution in [1.82, 2.24) is 15.5 Å². The molecule has 1 aliphatic carbocycles. The highest BCUT2D eigenvalue weighted by atomic mass is 16.2. The Kier molecular flexibility index (Phi) is 4.71. The van der Waals surface area contributed by atoms with E-state index >= 15 is 0 Å². The minimum Gasteiger partial charge on any atom is -0.365 e. The molecule has 1 aromatic carbocycles. The van der Waals surface area contributed by atoms with E-state index in [0.29, 0.717) is 37.8 Å². The Morgan fingerprint density at radius 1 is 1.07 bits per heavy atom. The van der Waals surface area contributed by atoms with E-state index in [-0.39, 0.29) is 17.7 Å². The molecule has 30 heavy (non-hydrogen) atoms. The number of hydrogen-bond acceptors (Lipinski definition) is 4. The van der Waals surface area contributed by atoms with Crippen LogP contribution in [0.2, 0.25) is 0 Å². The third-order valence-electron chi connectivity index (χ3n) is 7.63. The van der Waals surface area contributed by atoms with Gasteiger partial charge in [-0.3, -0.25) is 14.9 Å². The summed E-state index contributed by atoms with van der Waals surface area (Å²) in [7, 11) is 0. The van der Waals surface area contributed by atoms with Crippen molar-refractivity contribution < 1.29 is 14.4 Å². The summed E-state index contributed by atoms with van der Waals surface area (Å²) in [5.41, 5.74) is 2.01. The van der Waals surface area contributed by atoms with Gasteiger partial charge >= 0.3 is 6.03 Å². The number of benzene rings is 1. The van der Waals surface area contributed by atoms with E-state index in [4.69, 9.17) is 0 Å². The van der Waals surface area contributed by atoms with E-state index in [1.807, 2.05) is 4.90 Å². The fourth-order valence-corrected chi connectivity index (χ4v) is 6.01. The molecule has 3 fully saturated rings. The normalized spacial score (nSPS) is 31.6. The maximum absolute atomic E-state index is 13.1. The Morgan fingerprint density at radius 2 is 1.77 bits per heavy atom. The molecule has 1 saturated carbocycles. The second-order valence-electron chi connectivity index (χ2n) is 9.41. The van der Waals surface area contributed by atoms with E-state index in [1.54, 1.807) is 0 Å². The summed E-state index contributed by atoms with van der Waals surface area (Å²) < 4.78 is 0. The van der Waals surface area contributed by atoms with E-state index in [2.05, 4.69) is 46.7 Å². The minimum atomic E-state index is -0.792. The average Bonchev–Trinajstić information content (AvgIpc) is 3.23. The topological polar surface area (TPSA) is 81.8 Å². The molecule has 4 aliphatic rings. The maximum atomic E-state index is 13.1. The fraction of sp³-hybridized carbons (Fsp3) is 0.609. The number of hydrogen-bond donors (Lipinski definition) is 2. The van der Waals surface area contributed by atoms with Gasteiger partial charge < -0.3 is 15.1 Å². The van der Waals surface area contributed by atoms with Crippen LogP contribution in [-0.4, -0.2) is 53.5 Å². The van der Waals surface area contributed by atoms with Crippen LogP contribution < -0.4 is 15.5 Å². The van der Waals surface area contributed by atoms with Crippen molar-refractivity contribution in [2.75, 3.05) is 18.0 Å². The highest BCUT2D eigenvalue weighted by Crippen LogP contribution is 2.38. The summed E-state index contributed by atoms with van der Waals surface area (Å²) >= 11 is 0. The number of anilines is 1. The molecule has 1 atom stereocenters. The third-order valence-corrected chi connectivity index (χ3v) is 7.63. The van der Waals surface area contributed by atoms with Gasteiger partial charge in [-0.25, -0.2) is 4.79 Å². The summed E-state index contributed by atoms with van der Waals surface area (Å²) in [6.07, 6.45) is 5.49. The van der Waals surface area contributed by atoms with Crippen molar-refractivity contribution in [3.05, 3.63) is 29.8 Å². The highest BCUT2D eigenvalue weighted by molar-refractivity contribution is 6.07. The second-order valence-corrected chi connectivity index (χ2v) is 9.41. The van der Waals surface area contributed by atoms with Crippen LogP contribution in [0.1, 0.15) is 51.0 Å². The van der Waals surface area contributed by atoms with Gasteiger partial charge in [-0.15, -0.1) is 0 Å². The molecule has 1 unspecified atom stereocenters. The zero-order valence-electron chi connectivity index (χ0n) is 17.5. The summed E-state index contributed by atoms with van der Waals surface area (Å²) in [5.74, 6) is -0.0500. The van der Waals surface area contributed by atoms with Gasteiger partial charge in [0.1, 0.15) is 5.54 Å². The van der Waals surface area contributed by atoms with Gasteiger partial charge in [-0.1, -0.05) is 18.2 Å². The molecule has 1 aromatic rings. The van der Waals surface area contributed by atoms with Gasteiger partial charge in [0.2, 0.25) is 5.91 Å². The minimum absolute atomic E-state index is 0.0380. The summed E-state index contributed by atoms with van der Waals surface area (Å²) in [5, 5.41) is 5.12. The number of carbonyl (C=O) groups excluding carboxylic acids is 3. The Hall–Kier alpha value is -2.57. The van der Waals surface area contributed by atoms with Crippen LogP contribution in [0.15, 0.2) is 24.3 Å². The number of urea groups is 1. The Morgan fingerprint density at radius 3 is 2.43 bits per heavy atom. The number of imide groups is 1. The molecule has 3 aliphatic heterocycles. The van der Waals surface area contributed by atoms with Crippen molar-refractivity contribution >= 4 is 23.5 Å². The van der Waals surface area contributed by atoms with E-state index in [1.165, 1.54) is 11.3 Å². The van der Waals surface area contributed by atoms with Crippen LogP contribution in [0.25, 0.3) is 0 Å². The number of amides is 4. The van der Waals surface area contributed by atoms with Gasteiger partial charge in [0.15, 0.2) is 0 Å². The van der Waals surface area contributed by atoms with Crippen molar-refractivity contribution in [3.63, 3.8) is 0 Å². The monoisotopic (exact) mass is 410 g/mol. The van der Waals surface area contributed by atoms with Crippen LogP contribution in [0.3, 0.4) is 0 Å². The SMILES string of the molecule is CC1Cc2ccccc2N1C1CCN(C(=O)C2CCC3(CC2)NC(=O)NC3=O)CC1. The number of nitrogens with one attached hydrogen (secondary N) is 2. The Labute approximate surface area is 177 Å². The molecule has 2 N–H and O–H groups in total. The molecule has 3 heterocycles. The molecule has 0 aromatic heterocycles. The van der Waals surface area contributed by atoms with Crippen LogP contribution in [-0.2, 0) is 16.0 Å². The molecule has 2 saturated heterocycles. The fourth-order valence-electron chi connectivity index (χ4n) is 6.01. The van der Waals surface area contributed by atoms with Crippen LogP contribution in [0.5, 0.6) is 0 Å². The lowest BCUT2D eigenvalue weighted by Gasteiger charge is -2.42. The quantitative estimate of drug-likeness (QED) is 0.733. The summed E-state index contributed by atoms with van der Waals surface area (Å²) in [6.45, 7) is 3.90. The first-order valence-electron chi connectivity index (χ1n) is 11.3. The molecule has 5 rings (SSSR count). The predicted octanol–water partition coefficient (Wildman–Crippen LogP) is 2.20. The lowest BCUT2D eigenvalue weighted by atomic mass is 9.76. The largest absolute Gasteiger partial charge is 0.365 e. The number of likely N-dealkylation sites (tertiary alicyclic amines) is 1. The number of carbonyl (C=O) groups is 3. The Balaban J connectivity index is 1.17. The smallest absolute Gasteiger partial charge is 0.322 e. The van der Waals surface area contributed by atoms with Crippen LogP contribution in [0.4, 0.5) is 10.5 Å². The van der Waals surface area contributed by atoms with E-state index in [0.717, 1.165) is 32.4 Å². The number of nitrogens with zero attached hydrogens (tertiary/aromatic N) is 2. The van der Waals surface area contributed by atoms with Gasteiger partial charge in [0.25, 0.3) is 5.91 Å². The highest BCUT2D eigenvalue weighted by Gasteiger charge is 2.49. The molecule has 160 valence electrons. The zero-order valence-corrected chi connectivity index (χ0v) is 17.5. The molecular formula is C23H30N4O3. The lowest BCUT2D eigenvalue weighted by molar-refractivity contribution is -0.139. The molecule has 0 radical (unpaired) electrons. The Bertz CT molecular complexity index is 869. The summed E-state index contributed by atoms with van der Waals surface area (Å²) in [4.78, 5) is 41.3. The second kappa shape index (κ2) is 7.29. The average molecular weight is 411 g/mol. The van der Waals surface area contributed by atoms with Crippen molar-refractivity contribution in [1.29, 1.82) is 0 Å². The van der Waals surface area contributed by atoms with Gasteiger partial charge in [-0.05, 0) is 63.5 Å². The van der Waals surface area contributed by atoms with Crippen LogP contribution >= 0.6 is 0 Å². The molecule has 0 bridgehead atoms. The predicted molar refractivity (Wildman–Crippen MR) is 113 cm³/mol. The van der Waals surface area contributed by atoms with E-state index < -0.39 is 11.6 Å². The van der Waals surface area contributed by atoms with E-state index in [9.17, 15) is 14.4 Å². The molecule has 4 amide bonds. The van der Waals surface area contributed by atoms with Crippen molar-refractivity contribution in [2.45, 2.75) is 69.5 Å². The first kappa shape index (κ1) is 19.4. The molecule has 7 nitrogen and oxygen atoms in total. The zero-order chi connectivity index (χ0) is 20.9. The number of fused-ring (bicyclic) bond motifs is 1. The standard InChI is InChI=1S/C23H30N4O3/c1-15-14-17-4-2-3-5-19(17)27(15)18-8-12-26(13-9-18)20(28)16-6-10-23(11-7-16)21(29)24-22(30)25-23/h2-5,15-16,18H,6-14H2,1H3,(H2,24,25,29,30). The first-order chi connectivity index (χ1) is 14.5. The molecular weight excluding hydrogens is 380 g/mol. The van der Waals surface area contributed by atoms with Gasteiger partial charge in [-0.2, -0.15) is 0 Å². The molecule has 7 heteroatoms.